The van der Waals surface area contributed by atoms with Crippen LogP contribution in [0.25, 0.3) is 0 Å². The molecule has 0 amide bonds. The van der Waals surface area contributed by atoms with Crippen LogP contribution in [0.15, 0.2) is 12.4 Å². The van der Waals surface area contributed by atoms with Gasteiger partial charge in [0.2, 0.25) is 0 Å². The number of rotatable bonds is 1. The van der Waals surface area contributed by atoms with Gasteiger partial charge in [-0.1, -0.05) is 0 Å². The van der Waals surface area contributed by atoms with Crippen molar-refractivity contribution < 1.29 is 9.13 Å². The Morgan fingerprint density at radius 2 is 2.64 bits per heavy atom. The molecular formula is C7H9FN2O. The van der Waals surface area contributed by atoms with Gasteiger partial charge in [0.1, 0.15) is 0 Å². The molecule has 3 nitrogen and oxygen atoms in total. The third kappa shape index (κ3) is 1.26. The smallest absolute Gasteiger partial charge is 0.161 e. The van der Waals surface area contributed by atoms with Crippen LogP contribution in [0.5, 0.6) is 0 Å². The van der Waals surface area contributed by atoms with Gasteiger partial charge in [-0.05, 0) is 6.42 Å². The maximum atomic E-state index is 12.5. The molecule has 0 aliphatic carbocycles. The molecule has 1 fully saturated rings. The van der Waals surface area contributed by atoms with Crippen molar-refractivity contribution in [1.82, 2.24) is 9.78 Å². The van der Waals surface area contributed by atoms with Crippen molar-refractivity contribution >= 4 is 0 Å². The van der Waals surface area contributed by atoms with E-state index in [1.807, 2.05) is 0 Å². The summed E-state index contributed by atoms with van der Waals surface area (Å²) in [5.41, 5.74) is 0. The van der Waals surface area contributed by atoms with E-state index in [2.05, 4.69) is 5.10 Å². The van der Waals surface area contributed by atoms with Crippen molar-refractivity contribution in [2.45, 2.75) is 12.5 Å². The quantitative estimate of drug-likeness (QED) is 0.606. The molecule has 1 aromatic heterocycles. The number of halogens is 1. The fourth-order valence-electron chi connectivity index (χ4n) is 1.25. The van der Waals surface area contributed by atoms with Crippen molar-refractivity contribution in [2.24, 2.45) is 0 Å². The Morgan fingerprint density at radius 3 is 3.18 bits per heavy atom. The van der Waals surface area contributed by atoms with Crippen LogP contribution < -0.4 is 0 Å². The van der Waals surface area contributed by atoms with Gasteiger partial charge < -0.3 is 4.74 Å². The highest BCUT2D eigenvalue weighted by atomic mass is 19.1. The van der Waals surface area contributed by atoms with E-state index < -0.39 is 0 Å². The van der Waals surface area contributed by atoms with E-state index >= 15 is 0 Å². The Balaban J connectivity index is 2.15. The zero-order chi connectivity index (χ0) is 7.68. The van der Waals surface area contributed by atoms with Gasteiger partial charge >= 0.3 is 0 Å². The normalized spacial score (nSPS) is 24.3. The summed E-state index contributed by atoms with van der Waals surface area (Å²) in [4.78, 5) is 0. The van der Waals surface area contributed by atoms with Crippen LogP contribution in [0, 0.1) is 5.82 Å². The van der Waals surface area contributed by atoms with E-state index in [1.54, 1.807) is 4.68 Å². The molecule has 1 aliphatic heterocycles. The van der Waals surface area contributed by atoms with E-state index in [4.69, 9.17) is 4.74 Å². The van der Waals surface area contributed by atoms with Gasteiger partial charge in [-0.15, -0.1) is 0 Å². The Hall–Kier alpha value is -0.900. The average molecular weight is 156 g/mol. The van der Waals surface area contributed by atoms with Gasteiger partial charge in [0, 0.05) is 6.61 Å². The summed E-state index contributed by atoms with van der Waals surface area (Å²) >= 11 is 0. The van der Waals surface area contributed by atoms with Gasteiger partial charge in [-0.2, -0.15) is 5.10 Å². The highest BCUT2D eigenvalue weighted by Crippen LogP contribution is 2.17. The first kappa shape index (κ1) is 6.79. The molecule has 2 rings (SSSR count). The predicted octanol–water partition coefficient (Wildman–Crippen LogP) is 0.984. The number of nitrogens with zero attached hydrogens (tertiary/aromatic N) is 2. The van der Waals surface area contributed by atoms with Crippen LogP contribution >= 0.6 is 0 Å². The molecule has 0 saturated carbocycles. The summed E-state index contributed by atoms with van der Waals surface area (Å²) in [7, 11) is 0. The first-order chi connectivity index (χ1) is 5.36. The number of aromatic nitrogens is 2. The molecule has 60 valence electrons. The molecule has 0 bridgehead atoms. The predicted molar refractivity (Wildman–Crippen MR) is 36.7 cm³/mol. The Bertz CT molecular complexity index is 242. The van der Waals surface area contributed by atoms with Crippen molar-refractivity contribution in [1.29, 1.82) is 0 Å². The standard InChI is InChI=1S/C7H9FN2O/c8-6-3-9-10(4-6)7-1-2-11-5-7/h3-4,7H,1-2,5H2/t7-/m0/s1. The van der Waals surface area contributed by atoms with Gasteiger partial charge in [0.05, 0.1) is 25.0 Å². The lowest BCUT2D eigenvalue weighted by Gasteiger charge is -2.05. The van der Waals surface area contributed by atoms with Gasteiger partial charge in [-0.3, -0.25) is 4.68 Å². The molecular weight excluding hydrogens is 147 g/mol. The van der Waals surface area contributed by atoms with Crippen molar-refractivity contribution in [3.8, 4) is 0 Å². The highest BCUT2D eigenvalue weighted by molar-refractivity contribution is 4.87. The second-order valence-corrected chi connectivity index (χ2v) is 2.66. The Labute approximate surface area is 63.8 Å². The van der Waals surface area contributed by atoms with E-state index in [-0.39, 0.29) is 11.9 Å². The molecule has 0 N–H and O–H groups in total. The molecule has 1 saturated heterocycles. The summed E-state index contributed by atoms with van der Waals surface area (Å²) in [5.74, 6) is -0.281. The van der Waals surface area contributed by atoms with Gasteiger partial charge in [0.25, 0.3) is 0 Å². The van der Waals surface area contributed by atoms with Gasteiger partial charge in [-0.25, -0.2) is 4.39 Å². The minimum atomic E-state index is -0.281. The molecule has 0 unspecified atom stereocenters. The molecule has 2 heterocycles. The first-order valence-electron chi connectivity index (χ1n) is 3.63. The SMILES string of the molecule is Fc1cnn([C@H]2CCOC2)c1. The van der Waals surface area contributed by atoms with Gasteiger partial charge in [0.15, 0.2) is 5.82 Å². The summed E-state index contributed by atoms with van der Waals surface area (Å²) in [5, 5.41) is 3.86. The third-order valence-electron chi connectivity index (χ3n) is 1.85. The van der Waals surface area contributed by atoms with E-state index in [9.17, 15) is 4.39 Å². The van der Waals surface area contributed by atoms with E-state index in [0.29, 0.717) is 6.61 Å². The second kappa shape index (κ2) is 2.62. The van der Waals surface area contributed by atoms with Crippen LogP contribution in [-0.4, -0.2) is 23.0 Å². The fourth-order valence-corrected chi connectivity index (χ4v) is 1.25. The minimum Gasteiger partial charge on any atom is -0.379 e. The monoisotopic (exact) mass is 156 g/mol. The third-order valence-corrected chi connectivity index (χ3v) is 1.85. The molecule has 1 atom stereocenters. The van der Waals surface area contributed by atoms with Crippen molar-refractivity contribution in [3.63, 3.8) is 0 Å². The maximum Gasteiger partial charge on any atom is 0.161 e. The number of hydrogen-bond acceptors (Lipinski definition) is 2. The Morgan fingerprint density at radius 1 is 1.73 bits per heavy atom. The molecule has 1 aliphatic rings. The highest BCUT2D eigenvalue weighted by Gasteiger charge is 2.17. The largest absolute Gasteiger partial charge is 0.379 e. The van der Waals surface area contributed by atoms with Crippen LogP contribution in [0.3, 0.4) is 0 Å². The number of ether oxygens (including phenoxy) is 1. The van der Waals surface area contributed by atoms with E-state index in [0.717, 1.165) is 13.0 Å². The van der Waals surface area contributed by atoms with Crippen LogP contribution in [0.1, 0.15) is 12.5 Å². The zero-order valence-corrected chi connectivity index (χ0v) is 6.03. The lowest BCUT2D eigenvalue weighted by molar-refractivity contribution is 0.184. The van der Waals surface area contributed by atoms with E-state index in [1.165, 1.54) is 12.4 Å². The molecule has 4 heteroatoms. The maximum absolute atomic E-state index is 12.5. The van der Waals surface area contributed by atoms with Crippen molar-refractivity contribution in [3.05, 3.63) is 18.2 Å². The number of hydrogen-bond donors (Lipinski definition) is 0. The lowest BCUT2D eigenvalue weighted by atomic mass is 10.3. The zero-order valence-electron chi connectivity index (χ0n) is 6.03. The van der Waals surface area contributed by atoms with Crippen LogP contribution in [0.4, 0.5) is 4.39 Å². The average Bonchev–Trinajstić information content (AvgIpc) is 2.55. The topological polar surface area (TPSA) is 27.1 Å². The molecule has 0 spiro atoms. The molecule has 11 heavy (non-hydrogen) atoms. The lowest BCUT2D eigenvalue weighted by Crippen LogP contribution is -2.08. The molecule has 1 aromatic rings. The first-order valence-corrected chi connectivity index (χ1v) is 3.63. The molecule has 0 aromatic carbocycles. The summed E-state index contributed by atoms with van der Waals surface area (Å²) in [6, 6.07) is 0.236. The Kier molecular flexibility index (Phi) is 1.62. The van der Waals surface area contributed by atoms with Crippen LogP contribution in [0.2, 0.25) is 0 Å². The second-order valence-electron chi connectivity index (χ2n) is 2.66. The van der Waals surface area contributed by atoms with Crippen LogP contribution in [-0.2, 0) is 4.74 Å². The summed E-state index contributed by atoms with van der Waals surface area (Å²) < 4.78 is 19.2. The molecule has 0 radical (unpaired) electrons. The summed E-state index contributed by atoms with van der Waals surface area (Å²) in [6.45, 7) is 1.41. The van der Waals surface area contributed by atoms with Crippen molar-refractivity contribution in [2.75, 3.05) is 13.2 Å². The fraction of sp³-hybridized carbons (Fsp3) is 0.571. The summed E-state index contributed by atoms with van der Waals surface area (Å²) in [6.07, 6.45) is 3.55. The minimum absolute atomic E-state index is 0.236.